The lowest BCUT2D eigenvalue weighted by Crippen LogP contribution is -2.48. The van der Waals surface area contributed by atoms with Crippen LogP contribution in [0.3, 0.4) is 0 Å². The van der Waals surface area contributed by atoms with Crippen molar-refractivity contribution < 1.29 is 9.59 Å². The molecule has 1 aromatic carbocycles. The predicted molar refractivity (Wildman–Crippen MR) is 114 cm³/mol. The number of fused-ring (bicyclic) bond motifs is 3. The van der Waals surface area contributed by atoms with E-state index in [1.54, 1.807) is 0 Å². The zero-order valence-corrected chi connectivity index (χ0v) is 17.4. The van der Waals surface area contributed by atoms with Gasteiger partial charge in [0.25, 0.3) is 5.91 Å². The second-order valence-corrected chi connectivity index (χ2v) is 9.12. The third-order valence-electron chi connectivity index (χ3n) is 7.38. The number of carbonyl (C=O) groups excluding carboxylic acids is 2. The number of para-hydroxylation sites is 1. The molecule has 3 fully saturated rings. The molecular weight excluding hydrogens is 380 g/mol. The van der Waals surface area contributed by atoms with Crippen LogP contribution in [-0.2, 0) is 0 Å². The molecule has 4 atom stereocenters. The van der Waals surface area contributed by atoms with Crippen LogP contribution in [0.25, 0.3) is 10.9 Å². The van der Waals surface area contributed by atoms with Crippen LogP contribution < -0.4 is 16.4 Å². The van der Waals surface area contributed by atoms with Gasteiger partial charge in [-0.25, -0.2) is 4.79 Å². The highest BCUT2D eigenvalue weighted by Crippen LogP contribution is 2.35. The third kappa shape index (κ3) is 3.33. The minimum atomic E-state index is -0.516. The Morgan fingerprint density at radius 3 is 2.53 bits per heavy atom. The van der Waals surface area contributed by atoms with Gasteiger partial charge in [-0.15, -0.1) is 0 Å². The molecule has 1 aromatic heterocycles. The van der Waals surface area contributed by atoms with E-state index >= 15 is 0 Å². The molecule has 3 heterocycles. The molecule has 0 radical (unpaired) electrons. The molecule has 2 bridgehead atoms. The largest absolute Gasteiger partial charge is 0.352 e. The van der Waals surface area contributed by atoms with E-state index < -0.39 is 6.03 Å². The van der Waals surface area contributed by atoms with Gasteiger partial charge < -0.3 is 21.3 Å². The second-order valence-electron chi connectivity index (χ2n) is 9.12. The Morgan fingerprint density at radius 2 is 1.80 bits per heavy atom. The number of hydrogen-bond donors (Lipinski definition) is 3. The number of nitrogens with one attached hydrogen (secondary N) is 2. The van der Waals surface area contributed by atoms with E-state index in [9.17, 15) is 9.59 Å². The first-order chi connectivity index (χ1) is 14.5. The van der Waals surface area contributed by atoms with Gasteiger partial charge in [0.05, 0.1) is 17.6 Å². The van der Waals surface area contributed by atoms with Gasteiger partial charge in [0.1, 0.15) is 0 Å². The molecule has 3 aliphatic rings. The molecule has 4 N–H and O–H groups in total. The van der Waals surface area contributed by atoms with Crippen LogP contribution in [0, 0.1) is 0 Å². The summed E-state index contributed by atoms with van der Waals surface area (Å²) in [5, 5.41) is 11.7. The number of nitrogens with two attached hydrogens (primary N) is 1. The molecule has 0 spiro atoms. The predicted octanol–water partition coefficient (Wildman–Crippen LogP) is 2.15. The molecular formula is C22H30N6O2. The molecule has 4 unspecified atom stereocenters. The maximum Gasteiger partial charge on any atom is 0.312 e. The van der Waals surface area contributed by atoms with E-state index in [0.29, 0.717) is 17.8 Å². The van der Waals surface area contributed by atoms with E-state index in [2.05, 4.69) is 22.6 Å². The number of aromatic nitrogens is 2. The SMILES string of the molecule is CN1C2CCC1CC(NC(=O)c1nn(C3CCCC3NC(N)=O)c3ccccc13)C2. The van der Waals surface area contributed by atoms with Gasteiger partial charge in [-0.3, -0.25) is 9.48 Å². The van der Waals surface area contributed by atoms with Crippen molar-refractivity contribution in [3.63, 3.8) is 0 Å². The molecule has 2 aliphatic heterocycles. The summed E-state index contributed by atoms with van der Waals surface area (Å²) in [7, 11) is 2.20. The zero-order chi connectivity index (χ0) is 20.8. The average Bonchev–Trinajstić information content (AvgIpc) is 3.36. The Labute approximate surface area is 176 Å². The Kier molecular flexibility index (Phi) is 4.89. The van der Waals surface area contributed by atoms with Crippen LogP contribution in [-0.4, -0.2) is 57.8 Å². The van der Waals surface area contributed by atoms with Crippen molar-refractivity contribution in [1.29, 1.82) is 0 Å². The maximum absolute atomic E-state index is 13.2. The first kappa shape index (κ1) is 19.4. The summed E-state index contributed by atoms with van der Waals surface area (Å²) in [5.41, 5.74) is 6.77. The van der Waals surface area contributed by atoms with Gasteiger partial charge in [0.2, 0.25) is 0 Å². The van der Waals surface area contributed by atoms with Gasteiger partial charge >= 0.3 is 6.03 Å². The Hall–Kier alpha value is -2.61. The van der Waals surface area contributed by atoms with E-state index in [-0.39, 0.29) is 24.0 Å². The number of hydrogen-bond acceptors (Lipinski definition) is 4. The molecule has 2 saturated heterocycles. The Bertz CT molecular complexity index is 958. The second kappa shape index (κ2) is 7.58. The highest BCUT2D eigenvalue weighted by molar-refractivity contribution is 6.05. The number of piperidine rings is 1. The van der Waals surface area contributed by atoms with Gasteiger partial charge in [-0.2, -0.15) is 5.10 Å². The fourth-order valence-electron chi connectivity index (χ4n) is 5.88. The number of carbonyl (C=O) groups is 2. The van der Waals surface area contributed by atoms with Crippen molar-refractivity contribution >= 4 is 22.8 Å². The van der Waals surface area contributed by atoms with E-state index in [1.807, 2.05) is 28.9 Å². The van der Waals surface area contributed by atoms with Crippen molar-refractivity contribution in [3.05, 3.63) is 30.0 Å². The smallest absolute Gasteiger partial charge is 0.312 e. The van der Waals surface area contributed by atoms with Crippen LogP contribution in [0.4, 0.5) is 4.79 Å². The zero-order valence-electron chi connectivity index (χ0n) is 17.4. The summed E-state index contributed by atoms with van der Waals surface area (Å²) < 4.78 is 1.93. The molecule has 2 aromatic rings. The molecule has 5 rings (SSSR count). The molecule has 1 saturated carbocycles. The minimum Gasteiger partial charge on any atom is -0.352 e. The van der Waals surface area contributed by atoms with Crippen LogP contribution in [0.2, 0.25) is 0 Å². The van der Waals surface area contributed by atoms with Crippen LogP contribution >= 0.6 is 0 Å². The van der Waals surface area contributed by atoms with E-state index in [4.69, 9.17) is 10.8 Å². The summed E-state index contributed by atoms with van der Waals surface area (Å²) in [6.45, 7) is 0. The van der Waals surface area contributed by atoms with Gasteiger partial charge in [-0.1, -0.05) is 18.2 Å². The highest BCUT2D eigenvalue weighted by atomic mass is 16.2. The molecule has 30 heavy (non-hydrogen) atoms. The monoisotopic (exact) mass is 410 g/mol. The van der Waals surface area contributed by atoms with Crippen molar-refractivity contribution in [3.8, 4) is 0 Å². The maximum atomic E-state index is 13.2. The quantitative estimate of drug-likeness (QED) is 0.718. The van der Waals surface area contributed by atoms with Gasteiger partial charge in [0.15, 0.2) is 5.69 Å². The summed E-state index contributed by atoms with van der Waals surface area (Å²) >= 11 is 0. The van der Waals surface area contributed by atoms with Crippen LogP contribution in [0.1, 0.15) is 61.5 Å². The summed E-state index contributed by atoms with van der Waals surface area (Å²) in [6.07, 6.45) is 7.21. The molecule has 160 valence electrons. The lowest BCUT2D eigenvalue weighted by Gasteiger charge is -2.36. The van der Waals surface area contributed by atoms with Crippen LogP contribution in [0.5, 0.6) is 0 Å². The van der Waals surface area contributed by atoms with E-state index in [1.165, 1.54) is 12.8 Å². The standard InChI is InChI=1S/C22H30N6O2/c1-27-14-9-10-15(27)12-13(11-14)24-21(29)20-16-5-2-3-7-18(16)28(26-20)19-8-4-6-17(19)25-22(23)30/h2-3,5,7,13-15,17,19H,4,6,8-12H2,1H3,(H,24,29)(H3,23,25,30). The minimum absolute atomic E-state index is 0.00289. The number of benzene rings is 1. The fraction of sp³-hybridized carbons (Fsp3) is 0.591. The molecule has 1 aliphatic carbocycles. The number of urea groups is 1. The Balaban J connectivity index is 1.41. The third-order valence-corrected chi connectivity index (χ3v) is 7.38. The van der Waals surface area contributed by atoms with Crippen molar-refractivity contribution in [2.75, 3.05) is 7.05 Å². The molecule has 8 nitrogen and oxygen atoms in total. The first-order valence-electron chi connectivity index (χ1n) is 11.1. The normalized spacial score (nSPS) is 31.2. The van der Waals surface area contributed by atoms with Crippen molar-refractivity contribution in [1.82, 2.24) is 25.3 Å². The van der Waals surface area contributed by atoms with Crippen LogP contribution in [0.15, 0.2) is 24.3 Å². The summed E-state index contributed by atoms with van der Waals surface area (Å²) in [5.74, 6) is -0.101. The fourth-order valence-corrected chi connectivity index (χ4v) is 5.88. The molecule has 8 heteroatoms. The lowest BCUT2D eigenvalue weighted by atomic mass is 9.98. The Morgan fingerprint density at radius 1 is 1.07 bits per heavy atom. The number of nitrogens with zero attached hydrogens (tertiary/aromatic N) is 3. The number of rotatable bonds is 4. The highest BCUT2D eigenvalue weighted by Gasteiger charge is 2.39. The lowest BCUT2D eigenvalue weighted by molar-refractivity contribution is 0.0877. The summed E-state index contributed by atoms with van der Waals surface area (Å²) in [6, 6.07) is 8.62. The number of primary amides is 1. The van der Waals surface area contributed by atoms with Crippen molar-refractivity contribution in [2.24, 2.45) is 5.73 Å². The van der Waals surface area contributed by atoms with Gasteiger partial charge in [-0.05, 0) is 58.1 Å². The average molecular weight is 411 g/mol. The number of amides is 3. The first-order valence-corrected chi connectivity index (χ1v) is 11.1. The topological polar surface area (TPSA) is 105 Å². The van der Waals surface area contributed by atoms with Gasteiger partial charge in [0, 0.05) is 23.5 Å². The van der Waals surface area contributed by atoms with Crippen molar-refractivity contribution in [2.45, 2.75) is 75.2 Å². The van der Waals surface area contributed by atoms with E-state index in [0.717, 1.165) is 43.0 Å². The molecule has 3 amide bonds. The summed E-state index contributed by atoms with van der Waals surface area (Å²) in [4.78, 5) is 27.1.